The van der Waals surface area contributed by atoms with Crippen LogP contribution >= 0.6 is 24.0 Å². The van der Waals surface area contributed by atoms with Gasteiger partial charge >= 0.3 is 0 Å². The van der Waals surface area contributed by atoms with E-state index in [9.17, 15) is 8.42 Å². The van der Waals surface area contributed by atoms with Crippen molar-refractivity contribution >= 4 is 38.3 Å². The molecule has 1 aromatic rings. The van der Waals surface area contributed by atoms with Crippen LogP contribution in [0.15, 0.2) is 41.3 Å². The van der Waals surface area contributed by atoms with E-state index in [1.54, 1.807) is 28.2 Å². The molecule has 2 aliphatic heterocycles. The Balaban J connectivity index is 1.99. The van der Waals surface area contributed by atoms with Gasteiger partial charge in [-0.1, -0.05) is 53.8 Å². The average Bonchev–Trinajstić information content (AvgIpc) is 2.69. The van der Waals surface area contributed by atoms with Gasteiger partial charge in [0.1, 0.15) is 10.5 Å². The maximum absolute atomic E-state index is 12.9. The fraction of sp³-hybridized carbons (Fsp3) is 0.357. The molecule has 0 bridgehead atoms. The fourth-order valence-electron chi connectivity index (χ4n) is 2.47. The van der Waals surface area contributed by atoms with E-state index >= 15 is 0 Å². The third-order valence-electron chi connectivity index (χ3n) is 3.66. The van der Waals surface area contributed by atoms with Crippen LogP contribution in [0.25, 0.3) is 0 Å². The van der Waals surface area contributed by atoms with Crippen LogP contribution in [0.3, 0.4) is 0 Å². The van der Waals surface area contributed by atoms with Gasteiger partial charge in [-0.25, -0.2) is 8.42 Å². The molecule has 2 heterocycles. The lowest BCUT2D eigenvalue weighted by Crippen LogP contribution is -2.48. The van der Waals surface area contributed by atoms with Crippen molar-refractivity contribution in [3.63, 3.8) is 0 Å². The molecule has 3 rings (SSSR count). The molecule has 0 aliphatic carbocycles. The molecule has 0 N–H and O–H groups in total. The molecule has 1 atom stereocenters. The molecule has 0 saturated carbocycles. The topological polar surface area (TPSA) is 40.6 Å². The van der Waals surface area contributed by atoms with Crippen LogP contribution in [0.5, 0.6) is 0 Å². The Morgan fingerprint density at radius 1 is 1.19 bits per heavy atom. The van der Waals surface area contributed by atoms with E-state index in [4.69, 9.17) is 12.2 Å². The van der Waals surface area contributed by atoms with Crippen LogP contribution in [0.2, 0.25) is 0 Å². The minimum Gasteiger partial charge on any atom is -0.336 e. The summed E-state index contributed by atoms with van der Waals surface area (Å²) in [4.78, 5) is 2.32. The normalized spacial score (nSPS) is 23.2. The number of benzene rings is 1. The second-order valence-electron chi connectivity index (χ2n) is 5.07. The zero-order chi connectivity index (χ0) is 15.0. The van der Waals surface area contributed by atoms with Crippen molar-refractivity contribution in [1.29, 1.82) is 0 Å². The Kier molecular flexibility index (Phi) is 4.09. The molecule has 1 saturated heterocycles. The van der Waals surface area contributed by atoms with Crippen molar-refractivity contribution in [2.75, 3.05) is 18.8 Å². The number of aryl methyl sites for hydroxylation is 1. The molecule has 0 aromatic heterocycles. The highest BCUT2D eigenvalue weighted by Crippen LogP contribution is 2.31. The van der Waals surface area contributed by atoms with Gasteiger partial charge in [0.05, 0.1) is 4.90 Å². The standard InChI is InChI=1S/C14H16N2O2S3/c1-11-4-6-12(7-5-11)21(17,18)16-9-3-2-8-15-13(16)10-20-14(15)19/h2-7,13H,8-10H2,1H3. The molecular weight excluding hydrogens is 324 g/mol. The second kappa shape index (κ2) is 5.72. The number of sulfonamides is 1. The summed E-state index contributed by atoms with van der Waals surface area (Å²) >= 11 is 6.87. The van der Waals surface area contributed by atoms with Crippen LogP contribution in [0.4, 0.5) is 0 Å². The van der Waals surface area contributed by atoms with Crippen LogP contribution in [-0.4, -0.2) is 47.0 Å². The Hall–Kier alpha value is -0.890. The van der Waals surface area contributed by atoms with Gasteiger partial charge in [0.15, 0.2) is 0 Å². The van der Waals surface area contributed by atoms with Crippen LogP contribution in [0.1, 0.15) is 5.56 Å². The lowest BCUT2D eigenvalue weighted by atomic mass is 10.2. The Morgan fingerprint density at radius 3 is 2.57 bits per heavy atom. The van der Waals surface area contributed by atoms with E-state index in [1.165, 1.54) is 0 Å². The highest BCUT2D eigenvalue weighted by atomic mass is 32.2. The van der Waals surface area contributed by atoms with E-state index in [1.807, 2.05) is 36.1 Å². The predicted molar refractivity (Wildman–Crippen MR) is 89.8 cm³/mol. The zero-order valence-corrected chi connectivity index (χ0v) is 14.0. The summed E-state index contributed by atoms with van der Waals surface area (Å²) in [6.45, 7) is 3.01. The molecule has 0 spiro atoms. The first-order valence-electron chi connectivity index (χ1n) is 6.67. The minimum atomic E-state index is -3.51. The minimum absolute atomic E-state index is 0.191. The number of nitrogens with zero attached hydrogens (tertiary/aromatic N) is 2. The SMILES string of the molecule is Cc1ccc(S(=O)(=O)N2CC=CCN3C(=S)SCC32)cc1. The number of rotatable bonds is 2. The number of hydrogen-bond donors (Lipinski definition) is 0. The third-order valence-corrected chi connectivity index (χ3v) is 7.08. The maximum Gasteiger partial charge on any atom is 0.245 e. The number of fused-ring (bicyclic) bond motifs is 1. The molecule has 7 heteroatoms. The first-order chi connectivity index (χ1) is 10.00. The zero-order valence-electron chi connectivity index (χ0n) is 11.6. The molecule has 1 fully saturated rings. The number of thioether (sulfide) groups is 1. The van der Waals surface area contributed by atoms with Crippen molar-refractivity contribution < 1.29 is 8.42 Å². The first-order valence-corrected chi connectivity index (χ1v) is 9.50. The maximum atomic E-state index is 12.9. The van der Waals surface area contributed by atoms with Gasteiger partial charge in [-0.05, 0) is 19.1 Å². The Morgan fingerprint density at radius 2 is 1.86 bits per heavy atom. The van der Waals surface area contributed by atoms with Gasteiger partial charge in [0.2, 0.25) is 10.0 Å². The summed E-state index contributed by atoms with van der Waals surface area (Å²) in [6, 6.07) is 6.99. The smallest absolute Gasteiger partial charge is 0.245 e. The van der Waals surface area contributed by atoms with E-state index in [0.29, 0.717) is 23.7 Å². The molecule has 1 aromatic carbocycles. The van der Waals surface area contributed by atoms with Crippen molar-refractivity contribution in [2.45, 2.75) is 18.0 Å². The van der Waals surface area contributed by atoms with Gasteiger partial charge in [-0.3, -0.25) is 0 Å². The van der Waals surface area contributed by atoms with E-state index < -0.39 is 10.0 Å². The Labute approximate surface area is 134 Å². The van der Waals surface area contributed by atoms with Crippen molar-refractivity contribution in [3.05, 3.63) is 42.0 Å². The monoisotopic (exact) mass is 340 g/mol. The van der Waals surface area contributed by atoms with Crippen LogP contribution in [-0.2, 0) is 10.0 Å². The second-order valence-corrected chi connectivity index (χ2v) is 8.61. The lowest BCUT2D eigenvalue weighted by Gasteiger charge is -2.31. The molecule has 4 nitrogen and oxygen atoms in total. The molecular formula is C14H16N2O2S3. The molecule has 2 aliphatic rings. The van der Waals surface area contributed by atoms with Crippen LogP contribution in [0, 0.1) is 6.92 Å². The summed E-state index contributed by atoms with van der Waals surface area (Å²) in [5, 5.41) is 0. The van der Waals surface area contributed by atoms with Crippen molar-refractivity contribution in [1.82, 2.24) is 9.21 Å². The van der Waals surface area contributed by atoms with Crippen molar-refractivity contribution in [3.8, 4) is 0 Å². The molecule has 21 heavy (non-hydrogen) atoms. The third kappa shape index (κ3) is 2.75. The van der Waals surface area contributed by atoms with E-state index in [0.717, 1.165) is 9.88 Å². The molecule has 0 radical (unpaired) electrons. The van der Waals surface area contributed by atoms with Gasteiger partial charge in [0.25, 0.3) is 0 Å². The summed E-state index contributed by atoms with van der Waals surface area (Å²) in [6.07, 6.45) is 3.69. The summed E-state index contributed by atoms with van der Waals surface area (Å²) < 4.78 is 28.1. The highest BCUT2D eigenvalue weighted by Gasteiger charge is 2.40. The van der Waals surface area contributed by atoms with Gasteiger partial charge in [-0.2, -0.15) is 4.31 Å². The quantitative estimate of drug-likeness (QED) is 0.610. The number of hydrogen-bond acceptors (Lipinski definition) is 4. The van der Waals surface area contributed by atoms with E-state index in [2.05, 4.69) is 0 Å². The summed E-state index contributed by atoms with van der Waals surface area (Å²) in [7, 11) is -3.51. The van der Waals surface area contributed by atoms with Crippen LogP contribution < -0.4 is 0 Å². The van der Waals surface area contributed by atoms with Gasteiger partial charge in [-0.15, -0.1) is 0 Å². The molecule has 1 unspecified atom stereocenters. The highest BCUT2D eigenvalue weighted by molar-refractivity contribution is 8.23. The summed E-state index contributed by atoms with van der Waals surface area (Å²) in [5.74, 6) is 0.686. The first kappa shape index (κ1) is 15.0. The lowest BCUT2D eigenvalue weighted by molar-refractivity contribution is 0.235. The Bertz CT molecular complexity index is 683. The predicted octanol–water partition coefficient (Wildman–Crippen LogP) is 2.22. The van der Waals surface area contributed by atoms with Gasteiger partial charge in [0, 0.05) is 18.8 Å². The van der Waals surface area contributed by atoms with Crippen molar-refractivity contribution in [2.24, 2.45) is 0 Å². The number of thiocarbonyl (C=S) groups is 1. The fourth-order valence-corrected chi connectivity index (χ4v) is 5.52. The van der Waals surface area contributed by atoms with Gasteiger partial charge < -0.3 is 4.90 Å². The summed E-state index contributed by atoms with van der Waals surface area (Å²) in [5.41, 5.74) is 1.05. The van der Waals surface area contributed by atoms with E-state index in [-0.39, 0.29) is 6.17 Å². The molecule has 112 valence electrons. The average molecular weight is 340 g/mol. The molecule has 0 amide bonds. The largest absolute Gasteiger partial charge is 0.336 e.